The first-order valence-corrected chi connectivity index (χ1v) is 50.9. The number of ether oxygens (including phenoxy) is 13. The third-order valence-electron chi connectivity index (χ3n) is 25.0. The number of nitrogens with zero attached hydrogens (tertiary/aromatic N) is 13. The van der Waals surface area contributed by atoms with Gasteiger partial charge in [-0.25, -0.2) is 44.7 Å². The number of halogens is 5. The van der Waals surface area contributed by atoms with Crippen LogP contribution in [0, 0.1) is 27.7 Å². The molecule has 44 heteroatoms. The number of ketones is 1. The number of rotatable bonds is 18. The molecule has 17 atom stereocenters. The number of aromatic nitrogens is 12. The fourth-order valence-electron chi connectivity index (χ4n) is 17.9. The van der Waals surface area contributed by atoms with Crippen LogP contribution in [0.5, 0.6) is 0 Å². The van der Waals surface area contributed by atoms with Gasteiger partial charge in [0.1, 0.15) is 109 Å². The predicted octanol–water partition coefficient (Wildman–Crippen LogP) is 11.2. The molecule has 0 radical (unpaired) electrons. The van der Waals surface area contributed by atoms with Gasteiger partial charge in [-0.2, -0.15) is 9.73 Å². The summed E-state index contributed by atoms with van der Waals surface area (Å²) in [5.41, 5.74) is 9.73. The molecule has 32 nitrogen and oxygen atoms in total. The van der Waals surface area contributed by atoms with E-state index in [9.17, 15) is 24.6 Å². The number of carbonyl (C=O) groups excluding carboxylic acids is 2. The summed E-state index contributed by atoms with van der Waals surface area (Å²) in [7, 11) is -3.48. The quantitative estimate of drug-likeness (QED) is 0.0458. The normalized spacial score (nSPS) is 27.0. The minimum atomic E-state index is -1.87. The number of aliphatic carboxylic acids is 1. The molecular weight excluding hydrogens is 2080 g/mol. The van der Waals surface area contributed by atoms with Gasteiger partial charge in [-0.05, 0) is 196 Å². The summed E-state index contributed by atoms with van der Waals surface area (Å²) in [5, 5.41) is 24.8. The number of carboxylic acid groups (broad SMARTS) is 1. The largest absolute Gasteiger partial charge is 2.00 e. The molecular formula is C90H116BrCl3CsFMgN13O19PS3Si. The molecule has 11 aromatic heterocycles. The first-order chi connectivity index (χ1) is 63.3. The molecule has 0 aromatic carbocycles. The third kappa shape index (κ3) is 22.8. The first kappa shape index (κ1) is 105. The van der Waals surface area contributed by atoms with E-state index in [-0.39, 0.29) is 122 Å². The van der Waals surface area contributed by atoms with E-state index < -0.39 is 145 Å². The van der Waals surface area contributed by atoms with E-state index in [2.05, 4.69) is 104 Å². The number of aryl methyl sites for hydroxylation is 6. The van der Waals surface area contributed by atoms with E-state index in [1.165, 1.54) is 47.2 Å². The average molecular weight is 2210 g/mol. The van der Waals surface area contributed by atoms with Crippen molar-refractivity contribution in [2.75, 3.05) is 32.9 Å². The number of fused-ring (bicyclic) bond motifs is 8. The van der Waals surface area contributed by atoms with Crippen molar-refractivity contribution in [1.29, 1.82) is 3.84 Å². The Bertz CT molecular complexity index is 6090. The van der Waals surface area contributed by atoms with Gasteiger partial charge in [-0.15, -0.1) is 34.0 Å². The maximum Gasteiger partial charge on any atom is 2.00 e. The maximum absolute atomic E-state index is 13.6. The zero-order chi connectivity index (χ0) is 96.5. The van der Waals surface area contributed by atoms with E-state index in [4.69, 9.17) is 105 Å². The van der Waals surface area contributed by atoms with Crippen LogP contribution in [0.3, 0.4) is 0 Å². The molecule has 11 aromatic rings. The van der Waals surface area contributed by atoms with Gasteiger partial charge in [-0.1, -0.05) is 82.3 Å². The Morgan fingerprint density at radius 3 is 1.31 bits per heavy atom. The zero-order valence-electron chi connectivity index (χ0n) is 83.5. The number of amides is 1. The van der Waals surface area contributed by atoms with Gasteiger partial charge in [0, 0.05) is 70.9 Å². The standard InChI is InChI=1S/C22H26ClN3O4S.C22H24ClN3O4S.C19H24N4O5.C15H17N3O5.C12H20BrClOSSi.Cs.FH.Mg.H3P.2H/c2*1-5-6-12-9-14(23)31-19(12)15(27)16-17-18(30-22(3,4)29-17)21(28-16)26-8-7-13-11(2)24-10-25-20(13)26;1-11-12-4-5-23(16(12)21-10-20-11)18-15-13(27-19(2,3)28-15)14(26-18)17(24)22-6-8-25-9-7-22;1-7-8-4-5-18(12(8)17-6-16-7)13-10-9(11(21-13)14(19)20)22-15(2,3)23-10;1-12(2,3)17(4,5)15-7-6-9-8-10(14)16-11(9)13;;;;;;/h7-10,15-18,21,27H,5-6H2,1-4H3;7-10,16-18,21H,5-6H2,1-4H3;4-5,10,13-15,18H,6-9H2,1-3H3;4-6,9-11,13H,1-3H3,(H,19,20);8H,6-7H2,1-5H3;;1H;;1H3;;/q;;;;;+1;;+2;;2*-1/p-1/t15-,16-,17-,18-,21-;16-,17-,18-,21-;13-,14+,15-,18-;9-,10+,11-,13+;;;;;;;/m1110......./s1/i;;;;;;;;1T3;;. The summed E-state index contributed by atoms with van der Waals surface area (Å²) in [6.07, 6.45) is 8.06. The monoisotopic (exact) mass is 2200 g/mol. The Hall–Kier alpha value is -3.66. The summed E-state index contributed by atoms with van der Waals surface area (Å²) >= 11 is 26.3. The number of aliphatic hydroxyl groups excluding tert-OH is 1. The van der Waals surface area contributed by atoms with Crippen LogP contribution in [0.4, 0.5) is 0 Å². The minimum Gasteiger partial charge on any atom is -1.00 e. The second-order valence-electron chi connectivity index (χ2n) is 36.9. The molecule has 0 unspecified atom stereocenters. The summed E-state index contributed by atoms with van der Waals surface area (Å²) in [4.78, 5) is 76.1. The number of aliphatic hydroxyl groups is 1. The number of carbonyl (C=O) groups is 3. The molecule has 20 heterocycles. The molecule has 0 saturated carbocycles. The van der Waals surface area contributed by atoms with Gasteiger partial charge < -0.3 is 107 Å². The van der Waals surface area contributed by atoms with Gasteiger partial charge in [-0.3, -0.25) is 9.59 Å². The predicted molar refractivity (Wildman–Crippen MR) is 514 cm³/mol. The van der Waals surface area contributed by atoms with Crippen molar-refractivity contribution in [3.05, 3.63) is 159 Å². The van der Waals surface area contributed by atoms with Crippen molar-refractivity contribution in [3.8, 4) is 0 Å². The smallest absolute Gasteiger partial charge is 1.00 e. The van der Waals surface area contributed by atoms with Crippen LogP contribution in [0.2, 0.25) is 31.1 Å². The van der Waals surface area contributed by atoms with Crippen molar-refractivity contribution < 1.29 is 167 Å². The van der Waals surface area contributed by atoms with Gasteiger partial charge >= 0.3 is 97.9 Å². The Kier molecular flexibility index (Phi) is 34.3. The molecule has 9 saturated heterocycles. The molecule has 1 amide bonds. The number of Topliss-reactive ketones (excluding diaryl/α,β-unsaturated/α-hetero) is 1. The molecule has 0 bridgehead atoms. The van der Waals surface area contributed by atoms with Crippen molar-refractivity contribution in [2.45, 2.75) is 295 Å². The Balaban J connectivity index is 0.000000178. The molecule has 9 fully saturated rings. The number of hydrogen-bond donors (Lipinski definition) is 2. The summed E-state index contributed by atoms with van der Waals surface area (Å²) in [6.45, 7) is 41.0. The molecule has 134 heavy (non-hydrogen) atoms. The average Bonchev–Trinajstić information content (AvgIpc) is 1.60. The molecule has 0 spiro atoms. The Morgan fingerprint density at radius 1 is 0.552 bits per heavy atom. The number of thiophene rings is 3. The van der Waals surface area contributed by atoms with Crippen molar-refractivity contribution in [2.24, 2.45) is 0 Å². The molecule has 2 N–H and O–H groups in total. The number of morpholine rings is 1. The number of carboxylic acids is 1. The topological polar surface area (TPSA) is 347 Å². The minimum absolute atomic E-state index is 0. The first-order valence-electron chi connectivity index (χ1n) is 45.0. The van der Waals surface area contributed by atoms with E-state index in [0.29, 0.717) is 45.5 Å². The van der Waals surface area contributed by atoms with Gasteiger partial charge in [0.2, 0.25) is 5.78 Å². The molecule has 720 valence electrons. The molecule has 9 aliphatic heterocycles. The third-order valence-corrected chi connectivity index (χ3v) is 34.3. The fraction of sp³-hybridized carbons (Fsp3) is 0.567. The fourth-order valence-corrected chi connectivity index (χ4v) is 23.7. The zero-order valence-corrected chi connectivity index (χ0v) is 94.4. The van der Waals surface area contributed by atoms with Crippen LogP contribution in [-0.2, 0) is 94.9 Å². The second-order valence-corrected chi connectivity index (χ2v) is 48.1. The maximum atomic E-state index is 13.6. The number of hydrogen-bond acceptors (Lipinski definition) is 29. The van der Waals surface area contributed by atoms with Crippen LogP contribution in [-0.4, -0.2) is 255 Å². The van der Waals surface area contributed by atoms with Gasteiger partial charge in [0.05, 0.1) is 61.5 Å². The molecule has 20 rings (SSSR count). The molecule has 9 aliphatic rings. The summed E-state index contributed by atoms with van der Waals surface area (Å²) in [5.74, 6) is -4.48. The SMILES string of the molecule is CC(C)(C)[Si](C)(C)OCCc1cc(Cl)sc1Br.CCCc1cc(Cl)sc1C(=O)[C@H]1O[C@@H](n2ccc3c(C)ncnc32)[C@@H]2OC(C)(C)O[C@@H]21.CCCc1cc(Cl)sc1[C@H](O)[C@H]1O[C@@H](n2ccc3c(C)ncnc32)[C@@H]2OC(C)(C)O[C@@H]21.Cc1ncnc2c1ccn2[C@@H]1O[C@H](C(=O)N2CCOCC2)[C@H]2OC(C)(C)O[C@H]21.Cc1ncnc2c1ccn2[C@@H]1O[C@H](C(=O)O)[C@H]2OC(C)(C)O[C@H]21.[3H]P([3H])[3H].[Cs+].[F-].[H-].[H-].[Mg+2]. The second kappa shape index (κ2) is 43.9. The molecule has 0 aliphatic carbocycles. The summed E-state index contributed by atoms with van der Waals surface area (Å²) < 4.78 is 114. The van der Waals surface area contributed by atoms with Gasteiger partial charge in [0.25, 0.3) is 5.91 Å². The van der Waals surface area contributed by atoms with E-state index in [1.807, 2.05) is 150 Å². The van der Waals surface area contributed by atoms with E-state index >= 15 is 0 Å². The van der Waals surface area contributed by atoms with E-state index in [0.717, 1.165) is 124 Å². The van der Waals surface area contributed by atoms with Crippen molar-refractivity contribution in [1.82, 2.24) is 63.0 Å². The van der Waals surface area contributed by atoms with Gasteiger partial charge in [0.15, 0.2) is 74.7 Å². The van der Waals surface area contributed by atoms with E-state index in [1.54, 1.807) is 41.0 Å². The van der Waals surface area contributed by atoms with Crippen LogP contribution < -0.4 is 73.6 Å². The Morgan fingerprint density at radius 2 is 0.903 bits per heavy atom. The van der Waals surface area contributed by atoms with Crippen LogP contribution in [0.1, 0.15) is 191 Å². The van der Waals surface area contributed by atoms with Crippen LogP contribution in [0.15, 0.2) is 96.3 Å². The summed E-state index contributed by atoms with van der Waals surface area (Å²) in [6, 6.07) is 13.6. The van der Waals surface area contributed by atoms with Crippen molar-refractivity contribution >= 4 is 188 Å². The Labute approximate surface area is 898 Å². The van der Waals surface area contributed by atoms with Crippen molar-refractivity contribution in [3.63, 3.8) is 0 Å². The van der Waals surface area contributed by atoms with Crippen LogP contribution >= 0.6 is 94.5 Å². The van der Waals surface area contributed by atoms with Crippen LogP contribution in [0.25, 0.3) is 44.1 Å².